The second-order valence-electron chi connectivity index (χ2n) is 3.61. The van der Waals surface area contributed by atoms with Crippen LogP contribution in [0.15, 0.2) is 36.9 Å². The third kappa shape index (κ3) is 2.67. The highest BCUT2D eigenvalue weighted by atomic mass is 19.1. The van der Waals surface area contributed by atoms with Gasteiger partial charge < -0.3 is 5.11 Å². The Bertz CT molecular complexity index is 301. The van der Waals surface area contributed by atoms with Crippen LogP contribution in [0.2, 0.25) is 0 Å². The number of aliphatic hydroxyl groups is 1. The molecule has 1 nitrogen and oxygen atoms in total. The Balaban J connectivity index is 2.80. The van der Waals surface area contributed by atoms with Gasteiger partial charge in [0.1, 0.15) is 5.82 Å². The minimum atomic E-state index is -0.901. The molecule has 0 spiro atoms. The lowest BCUT2D eigenvalue weighted by Gasteiger charge is -2.23. The summed E-state index contributed by atoms with van der Waals surface area (Å²) in [5.74, 6) is -0.284. The fraction of sp³-hybridized carbons (Fsp3) is 0.333. The van der Waals surface area contributed by atoms with Crippen molar-refractivity contribution in [2.75, 3.05) is 0 Å². The maximum absolute atomic E-state index is 12.6. The predicted octanol–water partition coefficient (Wildman–Crippen LogP) is 3.00. The van der Waals surface area contributed by atoms with Crippen molar-refractivity contribution in [2.45, 2.75) is 25.4 Å². The van der Waals surface area contributed by atoms with E-state index < -0.39 is 5.60 Å². The third-order valence-electron chi connectivity index (χ3n) is 2.30. The highest BCUT2D eigenvalue weighted by Gasteiger charge is 2.21. The van der Waals surface area contributed by atoms with Crippen LogP contribution in [0.4, 0.5) is 4.39 Å². The topological polar surface area (TPSA) is 20.2 Å². The Labute approximate surface area is 83.9 Å². The minimum Gasteiger partial charge on any atom is -0.385 e. The summed E-state index contributed by atoms with van der Waals surface area (Å²) in [5, 5.41) is 10.0. The molecule has 0 aliphatic carbocycles. The Kier molecular flexibility index (Phi) is 3.42. The van der Waals surface area contributed by atoms with Crippen LogP contribution in [-0.4, -0.2) is 5.11 Å². The van der Waals surface area contributed by atoms with E-state index in [4.69, 9.17) is 0 Å². The van der Waals surface area contributed by atoms with Crippen molar-refractivity contribution in [1.29, 1.82) is 0 Å². The molecule has 1 atom stereocenters. The van der Waals surface area contributed by atoms with E-state index in [0.717, 1.165) is 12.0 Å². The standard InChI is InChI=1S/C12H15FO/c1-3-4-9-12(2,14)10-5-7-11(13)8-6-10/h3,5-8,14H,1,4,9H2,2H3. The smallest absolute Gasteiger partial charge is 0.123 e. The average Bonchev–Trinajstić information content (AvgIpc) is 2.16. The second kappa shape index (κ2) is 4.38. The molecule has 0 aliphatic heterocycles. The molecule has 0 saturated heterocycles. The van der Waals surface area contributed by atoms with E-state index in [1.807, 2.05) is 0 Å². The fourth-order valence-electron chi connectivity index (χ4n) is 1.34. The quantitative estimate of drug-likeness (QED) is 0.730. The molecule has 1 aromatic carbocycles. The van der Waals surface area contributed by atoms with Crippen LogP contribution in [0.5, 0.6) is 0 Å². The number of halogens is 1. The molecule has 0 fully saturated rings. The zero-order valence-corrected chi connectivity index (χ0v) is 8.33. The molecule has 0 radical (unpaired) electrons. The normalized spacial score (nSPS) is 14.8. The second-order valence-corrected chi connectivity index (χ2v) is 3.61. The van der Waals surface area contributed by atoms with Gasteiger partial charge in [-0.25, -0.2) is 4.39 Å². The number of rotatable bonds is 4. The molecule has 2 heteroatoms. The van der Waals surface area contributed by atoms with Crippen LogP contribution < -0.4 is 0 Å². The molecule has 0 aromatic heterocycles. The highest BCUT2D eigenvalue weighted by molar-refractivity contribution is 5.22. The molecule has 0 amide bonds. The van der Waals surface area contributed by atoms with Gasteiger partial charge in [0.25, 0.3) is 0 Å². The summed E-state index contributed by atoms with van der Waals surface area (Å²) in [6.45, 7) is 5.33. The summed E-state index contributed by atoms with van der Waals surface area (Å²) in [6, 6.07) is 5.94. The Morgan fingerprint density at radius 2 is 2.00 bits per heavy atom. The first-order valence-corrected chi connectivity index (χ1v) is 4.65. The molecule has 1 rings (SSSR count). The Morgan fingerprint density at radius 1 is 1.43 bits per heavy atom. The third-order valence-corrected chi connectivity index (χ3v) is 2.30. The maximum Gasteiger partial charge on any atom is 0.123 e. The number of hydrogen-bond acceptors (Lipinski definition) is 1. The van der Waals surface area contributed by atoms with E-state index in [-0.39, 0.29) is 5.82 Å². The van der Waals surface area contributed by atoms with Crippen LogP contribution in [0.25, 0.3) is 0 Å². The van der Waals surface area contributed by atoms with Gasteiger partial charge in [0.2, 0.25) is 0 Å². The van der Waals surface area contributed by atoms with Crippen molar-refractivity contribution in [3.63, 3.8) is 0 Å². The van der Waals surface area contributed by atoms with E-state index in [2.05, 4.69) is 6.58 Å². The molecule has 0 heterocycles. The van der Waals surface area contributed by atoms with Gasteiger partial charge in [0.05, 0.1) is 5.60 Å². The molecule has 0 saturated carbocycles. The van der Waals surface area contributed by atoms with Crippen molar-refractivity contribution in [3.05, 3.63) is 48.3 Å². The summed E-state index contributed by atoms with van der Waals surface area (Å²) in [4.78, 5) is 0. The lowest BCUT2D eigenvalue weighted by Crippen LogP contribution is -2.20. The highest BCUT2D eigenvalue weighted by Crippen LogP contribution is 2.25. The molecular weight excluding hydrogens is 179 g/mol. The van der Waals surface area contributed by atoms with Gasteiger partial charge in [-0.1, -0.05) is 18.2 Å². The molecule has 14 heavy (non-hydrogen) atoms. The zero-order valence-electron chi connectivity index (χ0n) is 8.33. The SMILES string of the molecule is C=CCCC(C)(O)c1ccc(F)cc1. The minimum absolute atomic E-state index is 0.284. The first kappa shape index (κ1) is 10.9. The summed E-state index contributed by atoms with van der Waals surface area (Å²) in [6.07, 6.45) is 3.10. The molecule has 1 N–H and O–H groups in total. The zero-order chi connectivity index (χ0) is 10.6. The summed E-state index contributed by atoms with van der Waals surface area (Å²) in [5.41, 5.74) is -0.164. The number of allylic oxidation sites excluding steroid dienone is 1. The lowest BCUT2D eigenvalue weighted by molar-refractivity contribution is 0.0487. The van der Waals surface area contributed by atoms with Gasteiger partial charge in [0, 0.05) is 0 Å². The van der Waals surface area contributed by atoms with Crippen molar-refractivity contribution < 1.29 is 9.50 Å². The van der Waals surface area contributed by atoms with Crippen molar-refractivity contribution in [3.8, 4) is 0 Å². The molecular formula is C12H15FO. The summed E-state index contributed by atoms with van der Waals surface area (Å²) < 4.78 is 12.6. The maximum atomic E-state index is 12.6. The van der Waals surface area contributed by atoms with E-state index in [1.165, 1.54) is 12.1 Å². The van der Waals surface area contributed by atoms with E-state index in [1.54, 1.807) is 25.1 Å². The average molecular weight is 194 g/mol. The van der Waals surface area contributed by atoms with E-state index >= 15 is 0 Å². The largest absolute Gasteiger partial charge is 0.385 e. The van der Waals surface area contributed by atoms with Crippen LogP contribution >= 0.6 is 0 Å². The van der Waals surface area contributed by atoms with Crippen LogP contribution in [0.3, 0.4) is 0 Å². The van der Waals surface area contributed by atoms with Crippen LogP contribution in [0.1, 0.15) is 25.3 Å². The molecule has 0 aliphatic rings. The van der Waals surface area contributed by atoms with E-state index in [9.17, 15) is 9.50 Å². The van der Waals surface area contributed by atoms with Gasteiger partial charge in [-0.3, -0.25) is 0 Å². The first-order valence-electron chi connectivity index (χ1n) is 4.65. The van der Waals surface area contributed by atoms with Crippen molar-refractivity contribution >= 4 is 0 Å². The molecule has 0 bridgehead atoms. The Hall–Kier alpha value is -1.15. The molecule has 1 aromatic rings. The summed E-state index contributed by atoms with van der Waals surface area (Å²) in [7, 11) is 0. The van der Waals surface area contributed by atoms with Gasteiger partial charge in [-0.05, 0) is 37.5 Å². The van der Waals surface area contributed by atoms with Crippen molar-refractivity contribution in [1.82, 2.24) is 0 Å². The van der Waals surface area contributed by atoms with Crippen LogP contribution in [0, 0.1) is 5.82 Å². The first-order chi connectivity index (χ1) is 6.56. The summed E-state index contributed by atoms with van der Waals surface area (Å²) >= 11 is 0. The van der Waals surface area contributed by atoms with Gasteiger partial charge >= 0.3 is 0 Å². The Morgan fingerprint density at radius 3 is 2.50 bits per heavy atom. The number of benzene rings is 1. The van der Waals surface area contributed by atoms with Gasteiger partial charge in [-0.15, -0.1) is 6.58 Å². The monoisotopic (exact) mass is 194 g/mol. The van der Waals surface area contributed by atoms with Gasteiger partial charge in [0.15, 0.2) is 0 Å². The molecule has 1 unspecified atom stereocenters. The van der Waals surface area contributed by atoms with Crippen LogP contribution in [-0.2, 0) is 5.60 Å². The van der Waals surface area contributed by atoms with Gasteiger partial charge in [-0.2, -0.15) is 0 Å². The van der Waals surface area contributed by atoms with E-state index in [0.29, 0.717) is 6.42 Å². The molecule has 76 valence electrons. The fourth-order valence-corrected chi connectivity index (χ4v) is 1.34. The number of hydrogen-bond donors (Lipinski definition) is 1. The van der Waals surface area contributed by atoms with Crippen molar-refractivity contribution in [2.24, 2.45) is 0 Å². The lowest BCUT2D eigenvalue weighted by atomic mass is 9.91. The predicted molar refractivity (Wildman–Crippen MR) is 55.4 cm³/mol.